The molecule has 0 atom stereocenters. The number of rotatable bonds is 8. The number of nitrogens with two attached hydrogens (primary N) is 1. The summed E-state index contributed by atoms with van der Waals surface area (Å²) in [6.07, 6.45) is -1.73. The number of carbonyl (C=O) groups is 1. The third kappa shape index (κ3) is 7.70. The fraction of sp³-hybridized carbons (Fsp3) is 0.250. The molecule has 9 nitrogen and oxygen atoms in total. The van der Waals surface area contributed by atoms with Crippen molar-refractivity contribution < 1.29 is 31.9 Å². The molecule has 3 heterocycles. The summed E-state index contributed by atoms with van der Waals surface area (Å²) in [7, 11) is 0. The zero-order valence-electron chi connectivity index (χ0n) is 20.4. The number of carboxylic acids is 1. The average molecular weight is 571 g/mol. The number of aryl methyl sites for hydroxylation is 1. The van der Waals surface area contributed by atoms with Crippen molar-refractivity contribution in [2.45, 2.75) is 32.7 Å². The highest BCUT2D eigenvalue weighted by Gasteiger charge is 2.38. The van der Waals surface area contributed by atoms with Gasteiger partial charge in [-0.05, 0) is 35.1 Å². The Hall–Kier alpha value is -4.11. The Morgan fingerprint density at radius 2 is 1.69 bits per heavy atom. The first kappa shape index (κ1) is 29.4. The molecular formula is C24H23F5N6O3S. The fourth-order valence-corrected chi connectivity index (χ4v) is 4.19. The van der Waals surface area contributed by atoms with Gasteiger partial charge in [-0.1, -0.05) is 24.3 Å². The minimum atomic E-state index is -5.08. The molecule has 39 heavy (non-hydrogen) atoms. The van der Waals surface area contributed by atoms with Crippen molar-refractivity contribution in [2.24, 2.45) is 5.73 Å². The molecule has 0 spiro atoms. The molecule has 4 rings (SSSR count). The highest BCUT2D eigenvalue weighted by atomic mass is 32.1. The third-order valence-electron chi connectivity index (χ3n) is 5.38. The molecule has 0 bridgehead atoms. The van der Waals surface area contributed by atoms with Crippen molar-refractivity contribution >= 4 is 17.3 Å². The largest absolute Gasteiger partial charge is 0.490 e. The standard InChI is InChI=1S/C22H22F2N6OS.C2HF3O2/c1-2-29-10-19(9-26-29)16-5-3-15(4-6-16)17-7-20(32-13-17)12-28-14-27-30(22(28)31)11-18(8-25)21(23)24;3-2(4,5)1(6)7/h3-7,9-10,13-14H,2,8,11-12,25H2,1H3;(H,6,7). The number of benzene rings is 1. The summed E-state index contributed by atoms with van der Waals surface area (Å²) in [5.41, 5.74) is 8.84. The molecule has 3 aromatic heterocycles. The normalized spacial score (nSPS) is 11.2. The zero-order valence-corrected chi connectivity index (χ0v) is 21.2. The van der Waals surface area contributed by atoms with Crippen LogP contribution in [0.1, 0.15) is 11.8 Å². The molecule has 3 N–H and O–H groups in total. The number of aromatic nitrogens is 5. The van der Waals surface area contributed by atoms with Gasteiger partial charge in [-0.25, -0.2) is 14.3 Å². The Labute approximate surface area is 222 Å². The van der Waals surface area contributed by atoms with Crippen LogP contribution in [0.2, 0.25) is 0 Å². The Bertz CT molecular complexity index is 1500. The minimum absolute atomic E-state index is 0.304. The summed E-state index contributed by atoms with van der Waals surface area (Å²) in [5.74, 6) is -2.76. The van der Waals surface area contributed by atoms with Crippen LogP contribution in [-0.4, -0.2) is 47.9 Å². The van der Waals surface area contributed by atoms with Gasteiger partial charge in [0, 0.05) is 35.3 Å². The summed E-state index contributed by atoms with van der Waals surface area (Å²) in [5, 5.41) is 17.4. The van der Waals surface area contributed by atoms with Gasteiger partial charge in [0.15, 0.2) is 0 Å². The number of hydrogen-bond donors (Lipinski definition) is 2. The summed E-state index contributed by atoms with van der Waals surface area (Å²) in [4.78, 5) is 22.3. The molecule has 0 aliphatic carbocycles. The van der Waals surface area contributed by atoms with E-state index in [9.17, 15) is 26.7 Å². The predicted molar refractivity (Wildman–Crippen MR) is 134 cm³/mol. The summed E-state index contributed by atoms with van der Waals surface area (Å²) >= 11 is 1.53. The lowest BCUT2D eigenvalue weighted by molar-refractivity contribution is -0.192. The lowest BCUT2D eigenvalue weighted by atomic mass is 10.0. The van der Waals surface area contributed by atoms with Gasteiger partial charge in [-0.3, -0.25) is 9.25 Å². The van der Waals surface area contributed by atoms with Crippen LogP contribution in [-0.2, 0) is 24.4 Å². The van der Waals surface area contributed by atoms with Gasteiger partial charge >= 0.3 is 17.8 Å². The Morgan fingerprint density at radius 3 is 2.21 bits per heavy atom. The highest BCUT2D eigenvalue weighted by Crippen LogP contribution is 2.28. The Kier molecular flexibility index (Phi) is 9.53. The zero-order chi connectivity index (χ0) is 28.7. The van der Waals surface area contributed by atoms with E-state index in [1.807, 2.05) is 35.4 Å². The van der Waals surface area contributed by atoms with Gasteiger partial charge in [0.1, 0.15) is 6.33 Å². The summed E-state index contributed by atoms with van der Waals surface area (Å²) in [6, 6.07) is 10.3. The first-order valence-corrected chi connectivity index (χ1v) is 12.2. The maximum atomic E-state index is 12.8. The molecule has 4 aromatic rings. The summed E-state index contributed by atoms with van der Waals surface area (Å²) in [6.45, 7) is 2.55. The Morgan fingerprint density at radius 1 is 1.08 bits per heavy atom. The SMILES string of the molecule is CCn1cc(-c2ccc(-c3csc(Cn4cnn(CC(CN)=C(F)F)c4=O)c3)cc2)cn1.O=C(O)C(F)(F)F. The second-order valence-electron chi connectivity index (χ2n) is 8.03. The molecular weight excluding hydrogens is 547 g/mol. The Balaban J connectivity index is 0.000000532. The van der Waals surface area contributed by atoms with Gasteiger partial charge in [0.2, 0.25) is 0 Å². The van der Waals surface area contributed by atoms with Crippen molar-refractivity contribution in [1.82, 2.24) is 24.1 Å². The lowest BCUT2D eigenvalue weighted by Gasteiger charge is -2.02. The summed E-state index contributed by atoms with van der Waals surface area (Å²) < 4.78 is 61.7. The van der Waals surface area contributed by atoms with Gasteiger partial charge in [0.05, 0.1) is 19.3 Å². The molecule has 0 saturated heterocycles. The van der Waals surface area contributed by atoms with E-state index in [-0.39, 0.29) is 18.7 Å². The molecule has 0 aliphatic rings. The van der Waals surface area contributed by atoms with Crippen LogP contribution in [0.3, 0.4) is 0 Å². The van der Waals surface area contributed by atoms with E-state index in [1.165, 1.54) is 22.2 Å². The highest BCUT2D eigenvalue weighted by molar-refractivity contribution is 7.10. The molecule has 0 fully saturated rings. The molecule has 0 aliphatic heterocycles. The molecule has 1 aromatic carbocycles. The third-order valence-corrected chi connectivity index (χ3v) is 6.30. The topological polar surface area (TPSA) is 121 Å². The minimum Gasteiger partial charge on any atom is -0.475 e. The van der Waals surface area contributed by atoms with E-state index in [4.69, 9.17) is 15.6 Å². The fourth-order valence-electron chi connectivity index (χ4n) is 3.29. The first-order chi connectivity index (χ1) is 18.4. The van der Waals surface area contributed by atoms with E-state index in [1.54, 1.807) is 0 Å². The molecule has 0 unspecified atom stereocenters. The molecule has 208 valence electrons. The van der Waals surface area contributed by atoms with Crippen LogP contribution in [0.15, 0.2) is 70.9 Å². The number of hydrogen-bond acceptors (Lipinski definition) is 6. The lowest BCUT2D eigenvalue weighted by Crippen LogP contribution is -2.27. The van der Waals surface area contributed by atoms with Crippen LogP contribution in [0.4, 0.5) is 22.0 Å². The number of alkyl halides is 3. The van der Waals surface area contributed by atoms with E-state index < -0.39 is 23.9 Å². The van der Waals surface area contributed by atoms with Crippen molar-refractivity contribution in [3.63, 3.8) is 0 Å². The number of carboxylic acid groups (broad SMARTS) is 1. The van der Waals surface area contributed by atoms with E-state index >= 15 is 0 Å². The van der Waals surface area contributed by atoms with Crippen molar-refractivity contribution in [3.05, 3.63) is 81.4 Å². The van der Waals surface area contributed by atoms with Crippen LogP contribution >= 0.6 is 11.3 Å². The monoisotopic (exact) mass is 570 g/mol. The molecule has 0 saturated carbocycles. The van der Waals surface area contributed by atoms with Crippen LogP contribution < -0.4 is 11.4 Å². The molecule has 15 heteroatoms. The first-order valence-electron chi connectivity index (χ1n) is 11.3. The van der Waals surface area contributed by atoms with Crippen molar-refractivity contribution in [3.8, 4) is 22.3 Å². The van der Waals surface area contributed by atoms with Crippen LogP contribution in [0.5, 0.6) is 0 Å². The average Bonchev–Trinajstić information content (AvgIpc) is 3.64. The number of halogens is 5. The molecule has 0 amide bonds. The van der Waals surface area contributed by atoms with Crippen LogP contribution in [0.25, 0.3) is 22.3 Å². The van der Waals surface area contributed by atoms with E-state index in [0.717, 1.165) is 38.4 Å². The van der Waals surface area contributed by atoms with Gasteiger partial charge < -0.3 is 10.8 Å². The quantitative estimate of drug-likeness (QED) is 0.302. The number of aliphatic carboxylic acids is 1. The number of nitrogens with zero attached hydrogens (tertiary/aromatic N) is 5. The maximum Gasteiger partial charge on any atom is 0.490 e. The second-order valence-corrected chi connectivity index (χ2v) is 9.03. The second kappa shape index (κ2) is 12.6. The van der Waals surface area contributed by atoms with E-state index in [2.05, 4.69) is 34.5 Å². The smallest absolute Gasteiger partial charge is 0.475 e. The van der Waals surface area contributed by atoms with Gasteiger partial charge in [0.25, 0.3) is 6.08 Å². The predicted octanol–water partition coefficient (Wildman–Crippen LogP) is 4.45. The van der Waals surface area contributed by atoms with Crippen molar-refractivity contribution in [2.75, 3.05) is 6.54 Å². The van der Waals surface area contributed by atoms with Crippen molar-refractivity contribution in [1.29, 1.82) is 0 Å². The van der Waals surface area contributed by atoms with E-state index in [0.29, 0.717) is 6.54 Å². The number of thiophene rings is 1. The maximum absolute atomic E-state index is 12.8. The van der Waals surface area contributed by atoms with Crippen LogP contribution in [0, 0.1) is 0 Å². The van der Waals surface area contributed by atoms with Gasteiger partial charge in [-0.15, -0.1) is 11.3 Å². The van der Waals surface area contributed by atoms with Gasteiger partial charge in [-0.2, -0.15) is 32.1 Å². The molecule has 0 radical (unpaired) electrons.